The zero-order chi connectivity index (χ0) is 13.7. The van der Waals surface area contributed by atoms with Crippen LogP contribution < -0.4 is 5.32 Å². The lowest BCUT2D eigenvalue weighted by Crippen LogP contribution is -2.24. The van der Waals surface area contributed by atoms with E-state index in [-0.39, 0.29) is 24.1 Å². The van der Waals surface area contributed by atoms with Crippen LogP contribution in [0.4, 0.5) is 10.1 Å². The molecule has 2 heterocycles. The van der Waals surface area contributed by atoms with Crippen molar-refractivity contribution in [2.75, 3.05) is 5.32 Å². The molecule has 2 N–H and O–H groups in total. The highest BCUT2D eigenvalue weighted by Crippen LogP contribution is 2.40. The van der Waals surface area contributed by atoms with E-state index in [9.17, 15) is 9.18 Å². The van der Waals surface area contributed by atoms with Gasteiger partial charge in [0.1, 0.15) is 11.6 Å². The summed E-state index contributed by atoms with van der Waals surface area (Å²) in [5, 5.41) is 9.89. The molecule has 1 fully saturated rings. The van der Waals surface area contributed by atoms with Crippen LogP contribution in [0.15, 0.2) is 18.2 Å². The van der Waals surface area contributed by atoms with Crippen molar-refractivity contribution in [3.8, 4) is 0 Å². The van der Waals surface area contributed by atoms with Crippen molar-refractivity contribution in [1.29, 1.82) is 0 Å². The average molecular weight is 272 g/mol. The molecule has 0 bridgehead atoms. The number of aromatic nitrogens is 3. The van der Waals surface area contributed by atoms with Crippen LogP contribution >= 0.6 is 0 Å². The molecule has 6 heteroatoms. The summed E-state index contributed by atoms with van der Waals surface area (Å²) in [7, 11) is 0. The molecule has 0 radical (unpaired) electrons. The molecular formula is C14H13FN4O. The SMILES string of the molecule is O=C1C[C@H](c2nc(C3CC3)n[nH]2)c2cc(F)ccc2N1. The first-order valence-corrected chi connectivity index (χ1v) is 6.72. The number of amides is 1. The second-order valence-electron chi connectivity index (χ2n) is 5.39. The summed E-state index contributed by atoms with van der Waals surface area (Å²) in [4.78, 5) is 16.3. The molecule has 2 aromatic rings. The molecule has 20 heavy (non-hydrogen) atoms. The van der Waals surface area contributed by atoms with Gasteiger partial charge in [0.2, 0.25) is 5.91 Å². The van der Waals surface area contributed by atoms with Gasteiger partial charge in [-0.1, -0.05) is 0 Å². The minimum absolute atomic E-state index is 0.0847. The van der Waals surface area contributed by atoms with Gasteiger partial charge in [-0.2, -0.15) is 5.10 Å². The number of carbonyl (C=O) groups excluding carboxylic acids is 1. The Kier molecular flexibility index (Phi) is 2.39. The zero-order valence-corrected chi connectivity index (χ0v) is 10.7. The monoisotopic (exact) mass is 272 g/mol. The number of H-pyrrole nitrogens is 1. The van der Waals surface area contributed by atoms with Crippen LogP contribution in [0.2, 0.25) is 0 Å². The van der Waals surface area contributed by atoms with Gasteiger partial charge in [-0.05, 0) is 36.6 Å². The molecule has 1 aliphatic carbocycles. The van der Waals surface area contributed by atoms with Crippen LogP contribution in [0.5, 0.6) is 0 Å². The molecule has 1 saturated carbocycles. The Morgan fingerprint density at radius 3 is 2.95 bits per heavy atom. The highest BCUT2D eigenvalue weighted by molar-refractivity contribution is 5.95. The zero-order valence-electron chi connectivity index (χ0n) is 10.7. The van der Waals surface area contributed by atoms with E-state index in [1.807, 2.05) is 0 Å². The number of aromatic amines is 1. The van der Waals surface area contributed by atoms with Crippen LogP contribution in [-0.2, 0) is 4.79 Å². The number of nitrogens with one attached hydrogen (secondary N) is 2. The van der Waals surface area contributed by atoms with Crippen LogP contribution in [-0.4, -0.2) is 21.1 Å². The number of benzene rings is 1. The number of hydrogen-bond donors (Lipinski definition) is 2. The molecule has 1 aromatic heterocycles. The maximum atomic E-state index is 13.5. The van der Waals surface area contributed by atoms with E-state index in [0.29, 0.717) is 17.4 Å². The summed E-state index contributed by atoms with van der Waals surface area (Å²) in [6, 6.07) is 4.39. The predicted octanol–water partition coefficient (Wildman–Crippen LogP) is 2.30. The number of nitrogens with zero attached hydrogens (tertiary/aromatic N) is 2. The fourth-order valence-electron chi connectivity index (χ4n) is 2.64. The Balaban J connectivity index is 1.76. The number of hydrogen-bond acceptors (Lipinski definition) is 3. The van der Waals surface area contributed by atoms with Crippen LogP contribution in [0.25, 0.3) is 0 Å². The summed E-state index contributed by atoms with van der Waals surface area (Å²) in [6.45, 7) is 0. The van der Waals surface area contributed by atoms with E-state index >= 15 is 0 Å². The van der Waals surface area contributed by atoms with E-state index in [1.54, 1.807) is 6.07 Å². The Morgan fingerprint density at radius 2 is 2.15 bits per heavy atom. The normalized spacial score (nSPS) is 21.4. The summed E-state index contributed by atoms with van der Waals surface area (Å²) < 4.78 is 13.5. The van der Waals surface area contributed by atoms with E-state index < -0.39 is 0 Å². The molecule has 102 valence electrons. The fraction of sp³-hybridized carbons (Fsp3) is 0.357. The van der Waals surface area contributed by atoms with Gasteiger partial charge >= 0.3 is 0 Å². The Morgan fingerprint density at radius 1 is 1.30 bits per heavy atom. The van der Waals surface area contributed by atoms with E-state index in [2.05, 4.69) is 20.5 Å². The number of carbonyl (C=O) groups is 1. The van der Waals surface area contributed by atoms with Crippen molar-refractivity contribution in [1.82, 2.24) is 15.2 Å². The fourth-order valence-corrected chi connectivity index (χ4v) is 2.64. The van der Waals surface area contributed by atoms with Gasteiger partial charge in [0, 0.05) is 18.0 Å². The summed E-state index contributed by atoms with van der Waals surface area (Å²) in [6.07, 6.45) is 2.50. The van der Waals surface area contributed by atoms with Gasteiger partial charge in [-0.25, -0.2) is 9.37 Å². The minimum atomic E-state index is -0.313. The quantitative estimate of drug-likeness (QED) is 0.881. The lowest BCUT2D eigenvalue weighted by atomic mass is 9.90. The van der Waals surface area contributed by atoms with Crippen LogP contribution in [0.3, 0.4) is 0 Å². The first-order valence-electron chi connectivity index (χ1n) is 6.72. The van der Waals surface area contributed by atoms with E-state index in [4.69, 9.17) is 0 Å². The lowest BCUT2D eigenvalue weighted by Gasteiger charge is -2.23. The van der Waals surface area contributed by atoms with Crippen LogP contribution in [0, 0.1) is 5.82 Å². The molecule has 5 nitrogen and oxygen atoms in total. The summed E-state index contributed by atoms with van der Waals surface area (Å²) in [5.74, 6) is 1.25. The van der Waals surface area contributed by atoms with Gasteiger partial charge in [0.25, 0.3) is 0 Å². The van der Waals surface area contributed by atoms with Gasteiger partial charge in [-0.3, -0.25) is 9.89 Å². The average Bonchev–Trinajstić information content (AvgIpc) is 3.16. The summed E-state index contributed by atoms with van der Waals surface area (Å²) >= 11 is 0. The largest absolute Gasteiger partial charge is 0.326 e. The third-order valence-electron chi connectivity index (χ3n) is 3.85. The van der Waals surface area contributed by atoms with E-state index in [1.165, 1.54) is 12.1 Å². The standard InChI is InChI=1S/C14H13FN4O/c15-8-3-4-11-9(5-8)10(6-12(20)16-11)14-17-13(18-19-14)7-1-2-7/h3-5,7,10H,1-2,6H2,(H,16,20)(H,17,18,19)/t10-/m0/s1. The molecular weight excluding hydrogens is 259 g/mol. The molecule has 1 atom stereocenters. The van der Waals surface area contributed by atoms with Crippen molar-refractivity contribution in [2.45, 2.75) is 31.1 Å². The van der Waals surface area contributed by atoms with E-state index in [0.717, 1.165) is 24.2 Å². The number of fused-ring (bicyclic) bond motifs is 1. The second kappa shape index (κ2) is 4.13. The number of halogens is 1. The summed E-state index contributed by atoms with van der Waals surface area (Å²) in [5.41, 5.74) is 1.40. The maximum absolute atomic E-state index is 13.5. The molecule has 4 rings (SSSR count). The third-order valence-corrected chi connectivity index (χ3v) is 3.85. The molecule has 1 amide bonds. The Bertz CT molecular complexity index is 692. The molecule has 0 spiro atoms. The molecule has 1 aliphatic heterocycles. The maximum Gasteiger partial charge on any atom is 0.225 e. The third kappa shape index (κ3) is 1.88. The van der Waals surface area contributed by atoms with Crippen molar-refractivity contribution in [3.63, 3.8) is 0 Å². The molecule has 0 unspecified atom stereocenters. The number of anilines is 1. The smallest absolute Gasteiger partial charge is 0.225 e. The second-order valence-corrected chi connectivity index (χ2v) is 5.39. The molecule has 2 aliphatic rings. The minimum Gasteiger partial charge on any atom is -0.326 e. The van der Waals surface area contributed by atoms with Crippen molar-refractivity contribution in [3.05, 3.63) is 41.2 Å². The van der Waals surface area contributed by atoms with Gasteiger partial charge in [0.15, 0.2) is 5.82 Å². The van der Waals surface area contributed by atoms with Crippen molar-refractivity contribution in [2.24, 2.45) is 0 Å². The Hall–Kier alpha value is -2.24. The Labute approximate surface area is 114 Å². The first kappa shape index (κ1) is 11.6. The highest BCUT2D eigenvalue weighted by atomic mass is 19.1. The molecule has 0 saturated heterocycles. The van der Waals surface area contributed by atoms with Gasteiger partial charge in [-0.15, -0.1) is 0 Å². The van der Waals surface area contributed by atoms with Crippen molar-refractivity contribution >= 4 is 11.6 Å². The van der Waals surface area contributed by atoms with Gasteiger partial charge < -0.3 is 5.32 Å². The topological polar surface area (TPSA) is 70.7 Å². The number of rotatable bonds is 2. The van der Waals surface area contributed by atoms with Crippen LogP contribution in [0.1, 0.15) is 48.3 Å². The van der Waals surface area contributed by atoms with Crippen molar-refractivity contribution < 1.29 is 9.18 Å². The highest BCUT2D eigenvalue weighted by Gasteiger charge is 2.32. The molecule has 1 aromatic carbocycles. The van der Waals surface area contributed by atoms with Gasteiger partial charge in [0.05, 0.1) is 5.92 Å². The predicted molar refractivity (Wildman–Crippen MR) is 69.8 cm³/mol. The first-order chi connectivity index (χ1) is 9.70. The lowest BCUT2D eigenvalue weighted by molar-refractivity contribution is -0.116.